The summed E-state index contributed by atoms with van der Waals surface area (Å²) in [6, 6.07) is 49.8. The average Bonchev–Trinajstić information content (AvgIpc) is 3.53. The Morgan fingerprint density at radius 3 is 1.69 bits per heavy atom. The maximum atomic E-state index is 6.59. The SMILES string of the molecule is Cc1ncccc1-c1ccc(-c2cc(-c3nc(-c4ccccc4)nc(-c4ccccc4)n3)c3oc4ccccc4c3c2)c2ccccc12. The third-order valence-corrected chi connectivity index (χ3v) is 8.95. The van der Waals surface area contributed by atoms with E-state index in [0.29, 0.717) is 17.5 Å². The molecule has 48 heavy (non-hydrogen) atoms. The van der Waals surface area contributed by atoms with Gasteiger partial charge in [-0.15, -0.1) is 0 Å². The van der Waals surface area contributed by atoms with Crippen molar-refractivity contribution >= 4 is 32.7 Å². The molecule has 0 atom stereocenters. The monoisotopic (exact) mass is 616 g/mol. The summed E-state index contributed by atoms with van der Waals surface area (Å²) in [6.45, 7) is 2.06. The van der Waals surface area contributed by atoms with Gasteiger partial charge in [-0.05, 0) is 58.7 Å². The average molecular weight is 617 g/mol. The molecular weight excluding hydrogens is 589 g/mol. The van der Waals surface area contributed by atoms with Crippen molar-refractivity contribution in [3.8, 4) is 56.4 Å². The number of pyridine rings is 1. The molecule has 226 valence electrons. The molecule has 0 aliphatic carbocycles. The molecule has 0 N–H and O–H groups in total. The van der Waals surface area contributed by atoms with Crippen LogP contribution < -0.4 is 0 Å². The van der Waals surface area contributed by atoms with Gasteiger partial charge in [0.05, 0.1) is 5.56 Å². The molecule has 9 rings (SSSR count). The van der Waals surface area contributed by atoms with Gasteiger partial charge in [0, 0.05) is 39.4 Å². The fourth-order valence-electron chi connectivity index (χ4n) is 6.63. The van der Waals surface area contributed by atoms with Crippen molar-refractivity contribution in [1.29, 1.82) is 0 Å². The lowest BCUT2D eigenvalue weighted by atomic mass is 9.90. The Morgan fingerprint density at radius 1 is 0.417 bits per heavy atom. The van der Waals surface area contributed by atoms with Crippen LogP contribution in [0.25, 0.3) is 89.1 Å². The van der Waals surface area contributed by atoms with Crippen LogP contribution in [0.1, 0.15) is 5.69 Å². The van der Waals surface area contributed by atoms with Gasteiger partial charge < -0.3 is 4.42 Å². The molecule has 0 spiro atoms. The number of hydrogen-bond donors (Lipinski definition) is 0. The van der Waals surface area contributed by atoms with Crippen molar-refractivity contribution in [2.75, 3.05) is 0 Å². The van der Waals surface area contributed by atoms with Gasteiger partial charge in [0.25, 0.3) is 0 Å². The number of hydrogen-bond acceptors (Lipinski definition) is 5. The topological polar surface area (TPSA) is 64.7 Å². The Hall–Kier alpha value is -6.46. The number of fused-ring (bicyclic) bond motifs is 4. The molecule has 3 heterocycles. The van der Waals surface area contributed by atoms with Gasteiger partial charge in [-0.1, -0.05) is 121 Å². The highest BCUT2D eigenvalue weighted by Gasteiger charge is 2.21. The van der Waals surface area contributed by atoms with Crippen molar-refractivity contribution < 1.29 is 4.42 Å². The summed E-state index contributed by atoms with van der Waals surface area (Å²) in [7, 11) is 0. The first kappa shape index (κ1) is 27.8. The smallest absolute Gasteiger partial charge is 0.167 e. The molecule has 9 aromatic rings. The maximum absolute atomic E-state index is 6.59. The van der Waals surface area contributed by atoms with Crippen molar-refractivity contribution in [1.82, 2.24) is 19.9 Å². The maximum Gasteiger partial charge on any atom is 0.167 e. The first-order valence-corrected chi connectivity index (χ1v) is 16.0. The van der Waals surface area contributed by atoms with E-state index in [0.717, 1.165) is 72.0 Å². The number of rotatable bonds is 5. The van der Waals surface area contributed by atoms with E-state index in [1.54, 1.807) is 0 Å². The van der Waals surface area contributed by atoms with Gasteiger partial charge in [0.2, 0.25) is 0 Å². The van der Waals surface area contributed by atoms with Gasteiger partial charge in [-0.3, -0.25) is 4.98 Å². The summed E-state index contributed by atoms with van der Waals surface area (Å²) in [5, 5.41) is 4.38. The number of aryl methyl sites for hydroxylation is 1. The fourth-order valence-corrected chi connectivity index (χ4v) is 6.63. The molecule has 0 bridgehead atoms. The summed E-state index contributed by atoms with van der Waals surface area (Å²) >= 11 is 0. The molecule has 0 fully saturated rings. The number of benzene rings is 6. The van der Waals surface area contributed by atoms with Crippen LogP contribution in [-0.4, -0.2) is 19.9 Å². The van der Waals surface area contributed by atoms with Crippen molar-refractivity contribution in [2.45, 2.75) is 6.92 Å². The third-order valence-electron chi connectivity index (χ3n) is 8.95. The van der Waals surface area contributed by atoms with E-state index < -0.39 is 0 Å². The summed E-state index contributed by atoms with van der Waals surface area (Å²) < 4.78 is 6.59. The molecule has 0 aliphatic rings. The lowest BCUT2D eigenvalue weighted by molar-refractivity contribution is 0.669. The minimum atomic E-state index is 0.556. The standard InChI is InChI=1S/C43H28N4O/c1-27-31(20-12-24-44-27)35-23-22-32(33-17-8-9-18-34(33)35)30-25-37-36-19-10-11-21-39(36)48-40(37)38(26-30)43-46-41(28-13-4-2-5-14-28)45-42(47-43)29-15-6-3-7-16-29/h2-26H,1H3. The predicted molar refractivity (Wildman–Crippen MR) is 194 cm³/mol. The van der Waals surface area contributed by atoms with E-state index in [1.165, 1.54) is 5.39 Å². The molecule has 5 heteroatoms. The van der Waals surface area contributed by atoms with Gasteiger partial charge in [-0.2, -0.15) is 0 Å². The Labute approximate surface area is 277 Å². The van der Waals surface area contributed by atoms with Crippen molar-refractivity contribution in [3.05, 3.63) is 157 Å². The Bertz CT molecular complexity index is 2570. The lowest BCUT2D eigenvalue weighted by Crippen LogP contribution is -2.00. The van der Waals surface area contributed by atoms with E-state index in [1.807, 2.05) is 91.1 Å². The largest absolute Gasteiger partial charge is 0.455 e. The highest BCUT2D eigenvalue weighted by Crippen LogP contribution is 2.42. The Morgan fingerprint density at radius 2 is 1.00 bits per heavy atom. The molecular formula is C43H28N4O. The van der Waals surface area contributed by atoms with Gasteiger partial charge in [-0.25, -0.2) is 15.0 Å². The first-order chi connectivity index (χ1) is 23.7. The van der Waals surface area contributed by atoms with Crippen LogP contribution >= 0.6 is 0 Å². The lowest BCUT2D eigenvalue weighted by Gasteiger charge is -2.14. The van der Waals surface area contributed by atoms with Crippen LogP contribution in [0.5, 0.6) is 0 Å². The number of nitrogens with zero attached hydrogens (tertiary/aromatic N) is 4. The Kier molecular flexibility index (Phi) is 6.61. The zero-order chi connectivity index (χ0) is 32.0. The van der Waals surface area contributed by atoms with E-state index in [-0.39, 0.29) is 0 Å². The molecule has 0 aliphatic heterocycles. The second kappa shape index (κ2) is 11.4. The van der Waals surface area contributed by atoms with Crippen molar-refractivity contribution in [2.24, 2.45) is 0 Å². The molecule has 0 saturated carbocycles. The van der Waals surface area contributed by atoms with Crippen LogP contribution in [-0.2, 0) is 0 Å². The van der Waals surface area contributed by atoms with Crippen LogP contribution in [0.3, 0.4) is 0 Å². The second-order valence-corrected chi connectivity index (χ2v) is 11.9. The van der Waals surface area contributed by atoms with E-state index in [2.05, 4.69) is 72.6 Å². The minimum absolute atomic E-state index is 0.556. The number of para-hydroxylation sites is 1. The second-order valence-electron chi connectivity index (χ2n) is 11.9. The Balaban J connectivity index is 1.33. The van der Waals surface area contributed by atoms with Crippen LogP contribution in [0.2, 0.25) is 0 Å². The summed E-state index contributed by atoms with van der Waals surface area (Å²) in [4.78, 5) is 19.7. The van der Waals surface area contributed by atoms with Gasteiger partial charge >= 0.3 is 0 Å². The summed E-state index contributed by atoms with van der Waals surface area (Å²) in [5.74, 6) is 1.77. The molecule has 5 nitrogen and oxygen atoms in total. The first-order valence-electron chi connectivity index (χ1n) is 16.0. The molecule has 0 saturated heterocycles. The van der Waals surface area contributed by atoms with E-state index in [4.69, 9.17) is 19.4 Å². The van der Waals surface area contributed by atoms with Crippen molar-refractivity contribution in [3.63, 3.8) is 0 Å². The third kappa shape index (κ3) is 4.72. The molecule has 0 radical (unpaired) electrons. The molecule has 0 amide bonds. The van der Waals surface area contributed by atoms with E-state index >= 15 is 0 Å². The van der Waals surface area contributed by atoms with Crippen LogP contribution in [0.15, 0.2) is 156 Å². The quantitative estimate of drug-likeness (QED) is 0.192. The number of aromatic nitrogens is 4. The highest BCUT2D eigenvalue weighted by atomic mass is 16.3. The van der Waals surface area contributed by atoms with Gasteiger partial charge in [0.1, 0.15) is 11.2 Å². The zero-order valence-electron chi connectivity index (χ0n) is 26.1. The predicted octanol–water partition coefficient (Wildman–Crippen LogP) is 11.0. The van der Waals surface area contributed by atoms with Crippen LogP contribution in [0, 0.1) is 6.92 Å². The molecule has 6 aromatic carbocycles. The highest BCUT2D eigenvalue weighted by molar-refractivity contribution is 6.13. The minimum Gasteiger partial charge on any atom is -0.455 e. The summed E-state index contributed by atoms with van der Waals surface area (Å²) in [5.41, 5.74) is 9.67. The molecule has 0 unspecified atom stereocenters. The molecule has 3 aromatic heterocycles. The normalized spacial score (nSPS) is 11.4. The van der Waals surface area contributed by atoms with Crippen LogP contribution in [0.4, 0.5) is 0 Å². The van der Waals surface area contributed by atoms with Gasteiger partial charge in [0.15, 0.2) is 17.5 Å². The summed E-state index contributed by atoms with van der Waals surface area (Å²) in [6.07, 6.45) is 1.84. The number of furan rings is 1. The fraction of sp³-hybridized carbons (Fsp3) is 0.0233. The van der Waals surface area contributed by atoms with E-state index in [9.17, 15) is 0 Å². The zero-order valence-corrected chi connectivity index (χ0v) is 26.1.